The fourth-order valence-corrected chi connectivity index (χ4v) is 3.81. The summed E-state index contributed by atoms with van der Waals surface area (Å²) < 4.78 is 5.93. The van der Waals surface area contributed by atoms with Crippen LogP contribution in [-0.4, -0.2) is 6.61 Å². The molecule has 0 atom stereocenters. The largest absolute Gasteiger partial charge is 0.493 e. The molecule has 128 valence electrons. The highest BCUT2D eigenvalue weighted by atomic mass is 16.5. The van der Waals surface area contributed by atoms with Gasteiger partial charge in [-0.1, -0.05) is 38.5 Å². The zero-order valence-electron chi connectivity index (χ0n) is 15.2. The van der Waals surface area contributed by atoms with Gasteiger partial charge in [-0.25, -0.2) is 0 Å². The number of benzene rings is 1. The molecule has 1 heteroatoms. The van der Waals surface area contributed by atoms with Crippen molar-refractivity contribution in [2.24, 2.45) is 5.92 Å². The Bertz CT molecular complexity index is 469. The molecule has 0 N–H and O–H groups in total. The van der Waals surface area contributed by atoms with Crippen LogP contribution in [0.25, 0.3) is 0 Å². The van der Waals surface area contributed by atoms with Crippen molar-refractivity contribution in [2.45, 2.75) is 77.6 Å². The molecule has 1 saturated carbocycles. The Morgan fingerprint density at radius 1 is 1.13 bits per heavy atom. The molecule has 2 rings (SSSR count). The Kier molecular flexibility index (Phi) is 7.71. The van der Waals surface area contributed by atoms with Crippen molar-refractivity contribution in [3.05, 3.63) is 42.0 Å². The van der Waals surface area contributed by atoms with E-state index in [0.717, 1.165) is 37.0 Å². The summed E-state index contributed by atoms with van der Waals surface area (Å²) in [5.74, 6) is 2.79. The molecular formula is C22H34O. The van der Waals surface area contributed by atoms with Crippen molar-refractivity contribution in [1.82, 2.24) is 0 Å². The van der Waals surface area contributed by atoms with Crippen molar-refractivity contribution < 1.29 is 4.74 Å². The van der Waals surface area contributed by atoms with Crippen LogP contribution in [0.15, 0.2) is 30.9 Å². The van der Waals surface area contributed by atoms with E-state index in [1.165, 1.54) is 50.5 Å². The lowest BCUT2D eigenvalue weighted by molar-refractivity contribution is 0.308. The van der Waals surface area contributed by atoms with E-state index >= 15 is 0 Å². The van der Waals surface area contributed by atoms with Crippen molar-refractivity contribution in [3.8, 4) is 5.75 Å². The van der Waals surface area contributed by atoms with Crippen molar-refractivity contribution >= 4 is 0 Å². The summed E-state index contributed by atoms with van der Waals surface area (Å²) in [5.41, 5.74) is 2.95. The Labute approximate surface area is 143 Å². The van der Waals surface area contributed by atoms with Crippen LogP contribution in [0.4, 0.5) is 0 Å². The zero-order chi connectivity index (χ0) is 16.5. The van der Waals surface area contributed by atoms with Gasteiger partial charge in [-0.2, -0.15) is 0 Å². The molecule has 0 spiro atoms. The molecule has 0 bridgehead atoms. The van der Waals surface area contributed by atoms with Gasteiger partial charge in [0.05, 0.1) is 6.61 Å². The van der Waals surface area contributed by atoms with Gasteiger partial charge in [0.1, 0.15) is 5.75 Å². The van der Waals surface area contributed by atoms with E-state index in [-0.39, 0.29) is 0 Å². The van der Waals surface area contributed by atoms with Gasteiger partial charge >= 0.3 is 0 Å². The molecule has 0 saturated heterocycles. The van der Waals surface area contributed by atoms with Gasteiger partial charge in [-0.15, -0.1) is 6.58 Å². The molecule has 0 amide bonds. The molecule has 0 unspecified atom stereocenters. The maximum atomic E-state index is 5.93. The normalized spacial score (nSPS) is 21.1. The first-order chi connectivity index (χ1) is 11.3. The van der Waals surface area contributed by atoms with Crippen LogP contribution in [0, 0.1) is 5.92 Å². The summed E-state index contributed by atoms with van der Waals surface area (Å²) in [7, 11) is 0. The Balaban J connectivity index is 1.99. The van der Waals surface area contributed by atoms with E-state index in [1.807, 2.05) is 0 Å². The summed E-state index contributed by atoms with van der Waals surface area (Å²) in [6.45, 7) is 9.09. The lowest BCUT2D eigenvalue weighted by atomic mass is 9.77. The Morgan fingerprint density at radius 3 is 2.57 bits per heavy atom. The number of aryl methyl sites for hydroxylation is 1. The van der Waals surface area contributed by atoms with Crippen LogP contribution in [-0.2, 0) is 6.42 Å². The summed E-state index contributed by atoms with van der Waals surface area (Å²) >= 11 is 0. The molecule has 1 aliphatic rings. The topological polar surface area (TPSA) is 9.23 Å². The highest BCUT2D eigenvalue weighted by molar-refractivity contribution is 5.39. The summed E-state index contributed by atoms with van der Waals surface area (Å²) in [5, 5.41) is 0. The standard InChI is InChI=1S/C22H34O/c1-4-7-9-18-10-12-19(13-11-18)20-14-15-22(23-16-6-3)21(17-20)8-5-2/h4,14-15,17-19H,1,5-13,16H2,2-3H3. The minimum absolute atomic E-state index is 0.755. The van der Waals surface area contributed by atoms with E-state index < -0.39 is 0 Å². The van der Waals surface area contributed by atoms with Crippen LogP contribution < -0.4 is 4.74 Å². The number of rotatable bonds is 9. The first kappa shape index (κ1) is 18.1. The Morgan fingerprint density at radius 2 is 1.91 bits per heavy atom. The van der Waals surface area contributed by atoms with Crippen molar-refractivity contribution in [3.63, 3.8) is 0 Å². The highest BCUT2D eigenvalue weighted by Crippen LogP contribution is 2.38. The van der Waals surface area contributed by atoms with Gasteiger partial charge in [0.2, 0.25) is 0 Å². The first-order valence-corrected chi connectivity index (χ1v) is 9.65. The van der Waals surface area contributed by atoms with Gasteiger partial charge in [-0.3, -0.25) is 0 Å². The van der Waals surface area contributed by atoms with Gasteiger partial charge in [-0.05, 0) is 80.4 Å². The summed E-state index contributed by atoms with van der Waals surface area (Å²) in [6.07, 6.45) is 13.4. The third-order valence-corrected chi connectivity index (χ3v) is 5.16. The molecule has 1 nitrogen and oxygen atoms in total. The minimum atomic E-state index is 0.755. The smallest absolute Gasteiger partial charge is 0.122 e. The van der Waals surface area contributed by atoms with E-state index in [2.05, 4.69) is 44.7 Å². The maximum Gasteiger partial charge on any atom is 0.122 e. The number of hydrogen-bond acceptors (Lipinski definition) is 1. The second-order valence-corrected chi connectivity index (χ2v) is 7.05. The summed E-state index contributed by atoms with van der Waals surface area (Å²) in [6, 6.07) is 6.97. The van der Waals surface area contributed by atoms with Crippen molar-refractivity contribution in [1.29, 1.82) is 0 Å². The molecule has 0 heterocycles. The monoisotopic (exact) mass is 314 g/mol. The summed E-state index contributed by atoms with van der Waals surface area (Å²) in [4.78, 5) is 0. The molecule has 0 aromatic heterocycles. The van der Waals surface area contributed by atoms with Crippen LogP contribution in [0.1, 0.15) is 82.3 Å². The second kappa shape index (κ2) is 9.80. The van der Waals surface area contributed by atoms with E-state index in [4.69, 9.17) is 4.74 Å². The lowest BCUT2D eigenvalue weighted by Crippen LogP contribution is -2.13. The molecule has 1 fully saturated rings. The van der Waals surface area contributed by atoms with Crippen LogP contribution in [0.3, 0.4) is 0 Å². The van der Waals surface area contributed by atoms with Crippen LogP contribution in [0.2, 0.25) is 0 Å². The average molecular weight is 315 g/mol. The fourth-order valence-electron chi connectivity index (χ4n) is 3.81. The molecule has 23 heavy (non-hydrogen) atoms. The number of hydrogen-bond donors (Lipinski definition) is 0. The molecule has 1 aliphatic carbocycles. The Hall–Kier alpha value is -1.24. The SMILES string of the molecule is C=CCCC1CCC(c2ccc(OCCC)c(CCC)c2)CC1. The molecule has 0 aliphatic heterocycles. The van der Waals surface area contributed by atoms with Gasteiger partial charge in [0.15, 0.2) is 0 Å². The second-order valence-electron chi connectivity index (χ2n) is 7.05. The predicted molar refractivity (Wildman–Crippen MR) is 100 cm³/mol. The number of allylic oxidation sites excluding steroid dienone is 1. The van der Waals surface area contributed by atoms with Crippen LogP contribution in [0.5, 0.6) is 5.75 Å². The van der Waals surface area contributed by atoms with E-state index in [0.29, 0.717) is 0 Å². The molecule has 1 aromatic rings. The average Bonchev–Trinajstić information content (AvgIpc) is 2.59. The number of ether oxygens (including phenoxy) is 1. The fraction of sp³-hybridized carbons (Fsp3) is 0.636. The molecular weight excluding hydrogens is 280 g/mol. The maximum absolute atomic E-state index is 5.93. The molecule has 0 radical (unpaired) electrons. The van der Waals surface area contributed by atoms with Crippen molar-refractivity contribution in [2.75, 3.05) is 6.61 Å². The van der Waals surface area contributed by atoms with E-state index in [1.54, 1.807) is 5.56 Å². The lowest BCUT2D eigenvalue weighted by Gasteiger charge is -2.29. The third kappa shape index (κ3) is 5.41. The quantitative estimate of drug-likeness (QED) is 0.463. The highest BCUT2D eigenvalue weighted by Gasteiger charge is 2.22. The van der Waals surface area contributed by atoms with Gasteiger partial charge < -0.3 is 4.74 Å². The van der Waals surface area contributed by atoms with Crippen LogP contribution >= 0.6 is 0 Å². The van der Waals surface area contributed by atoms with Gasteiger partial charge in [0, 0.05) is 0 Å². The minimum Gasteiger partial charge on any atom is -0.493 e. The van der Waals surface area contributed by atoms with E-state index in [9.17, 15) is 0 Å². The zero-order valence-corrected chi connectivity index (χ0v) is 15.2. The first-order valence-electron chi connectivity index (χ1n) is 9.65. The predicted octanol–water partition coefficient (Wildman–Crippen LogP) is 6.67. The third-order valence-electron chi connectivity index (χ3n) is 5.16. The van der Waals surface area contributed by atoms with Gasteiger partial charge in [0.25, 0.3) is 0 Å². The molecule has 1 aromatic carbocycles.